The van der Waals surface area contributed by atoms with E-state index >= 15 is 0 Å². The highest BCUT2D eigenvalue weighted by molar-refractivity contribution is 5.41. The smallest absolute Gasteiger partial charge is 0.148 e. The highest BCUT2D eigenvalue weighted by Gasteiger charge is 2.32. The Morgan fingerprint density at radius 1 is 1.37 bits per heavy atom. The van der Waals surface area contributed by atoms with E-state index in [4.69, 9.17) is 4.74 Å². The molecule has 102 valence electrons. The van der Waals surface area contributed by atoms with Crippen molar-refractivity contribution in [2.75, 3.05) is 7.11 Å². The van der Waals surface area contributed by atoms with Crippen LogP contribution in [0.2, 0.25) is 0 Å². The van der Waals surface area contributed by atoms with E-state index in [1.807, 2.05) is 35.0 Å². The maximum absolute atomic E-state index is 10.9. The lowest BCUT2D eigenvalue weighted by Gasteiger charge is -2.26. The SMILES string of the molecule is CCCn1ccnc1C(C)(O)c1ccccc1OC. The summed E-state index contributed by atoms with van der Waals surface area (Å²) in [4.78, 5) is 4.32. The van der Waals surface area contributed by atoms with Crippen LogP contribution >= 0.6 is 0 Å². The molecule has 1 aromatic heterocycles. The third kappa shape index (κ3) is 2.49. The zero-order valence-electron chi connectivity index (χ0n) is 11.6. The number of rotatable bonds is 5. The van der Waals surface area contributed by atoms with Crippen molar-refractivity contribution in [2.24, 2.45) is 0 Å². The van der Waals surface area contributed by atoms with Gasteiger partial charge in [-0.1, -0.05) is 25.1 Å². The summed E-state index contributed by atoms with van der Waals surface area (Å²) in [5, 5.41) is 10.9. The van der Waals surface area contributed by atoms with Gasteiger partial charge < -0.3 is 14.4 Å². The van der Waals surface area contributed by atoms with Crippen LogP contribution in [-0.2, 0) is 12.1 Å². The van der Waals surface area contributed by atoms with Gasteiger partial charge in [-0.2, -0.15) is 0 Å². The van der Waals surface area contributed by atoms with Crippen LogP contribution in [0, 0.1) is 0 Å². The number of benzene rings is 1. The number of hydrogen-bond acceptors (Lipinski definition) is 3. The molecule has 4 heteroatoms. The van der Waals surface area contributed by atoms with Gasteiger partial charge in [0.15, 0.2) is 0 Å². The summed E-state index contributed by atoms with van der Waals surface area (Å²) in [5.74, 6) is 1.30. The van der Waals surface area contributed by atoms with Crippen LogP contribution in [0.1, 0.15) is 31.7 Å². The molecule has 0 aliphatic rings. The molecular formula is C15H20N2O2. The molecule has 0 radical (unpaired) electrons. The maximum Gasteiger partial charge on any atom is 0.148 e. The molecule has 0 aliphatic heterocycles. The number of aliphatic hydroxyl groups is 1. The zero-order valence-corrected chi connectivity index (χ0v) is 11.6. The second-order valence-corrected chi connectivity index (χ2v) is 4.72. The van der Waals surface area contributed by atoms with E-state index in [1.165, 1.54) is 0 Å². The molecule has 0 spiro atoms. The molecule has 19 heavy (non-hydrogen) atoms. The molecule has 0 aliphatic carbocycles. The fourth-order valence-electron chi connectivity index (χ4n) is 2.32. The Morgan fingerprint density at radius 3 is 2.79 bits per heavy atom. The first-order valence-corrected chi connectivity index (χ1v) is 6.48. The lowest BCUT2D eigenvalue weighted by Crippen LogP contribution is -2.28. The molecule has 0 bridgehead atoms. The molecule has 1 heterocycles. The third-order valence-electron chi connectivity index (χ3n) is 3.25. The number of aryl methyl sites for hydroxylation is 1. The van der Waals surface area contributed by atoms with E-state index in [-0.39, 0.29) is 0 Å². The lowest BCUT2D eigenvalue weighted by atomic mass is 9.94. The number of ether oxygens (including phenoxy) is 1. The van der Waals surface area contributed by atoms with Crippen molar-refractivity contribution < 1.29 is 9.84 Å². The van der Waals surface area contributed by atoms with Crippen molar-refractivity contribution in [3.8, 4) is 5.75 Å². The van der Waals surface area contributed by atoms with Gasteiger partial charge in [0.05, 0.1) is 7.11 Å². The quantitative estimate of drug-likeness (QED) is 0.898. The van der Waals surface area contributed by atoms with E-state index in [1.54, 1.807) is 20.2 Å². The Morgan fingerprint density at radius 2 is 2.11 bits per heavy atom. The Bertz CT molecular complexity index is 547. The molecule has 0 saturated heterocycles. The predicted octanol–water partition coefficient (Wildman–Crippen LogP) is 2.56. The summed E-state index contributed by atoms with van der Waals surface area (Å²) < 4.78 is 7.31. The number of aromatic nitrogens is 2. The molecule has 1 atom stereocenters. The van der Waals surface area contributed by atoms with E-state index in [0.29, 0.717) is 11.6 Å². The Labute approximate surface area is 113 Å². The van der Waals surface area contributed by atoms with Gasteiger partial charge >= 0.3 is 0 Å². The summed E-state index contributed by atoms with van der Waals surface area (Å²) in [6, 6.07) is 7.48. The van der Waals surface area contributed by atoms with E-state index in [9.17, 15) is 5.11 Å². The van der Waals surface area contributed by atoms with Crippen molar-refractivity contribution in [1.82, 2.24) is 9.55 Å². The fourth-order valence-corrected chi connectivity index (χ4v) is 2.32. The average Bonchev–Trinajstić information content (AvgIpc) is 2.88. The molecule has 0 saturated carbocycles. The standard InChI is InChI=1S/C15H20N2O2/c1-4-10-17-11-9-16-14(17)15(2,18)12-7-5-6-8-13(12)19-3/h5-9,11,18H,4,10H2,1-3H3. The van der Waals surface area contributed by atoms with Gasteiger partial charge in [0.25, 0.3) is 0 Å². The second-order valence-electron chi connectivity index (χ2n) is 4.72. The topological polar surface area (TPSA) is 47.3 Å². The summed E-state index contributed by atoms with van der Waals surface area (Å²) >= 11 is 0. The van der Waals surface area contributed by atoms with Crippen molar-refractivity contribution in [2.45, 2.75) is 32.4 Å². The average molecular weight is 260 g/mol. The minimum Gasteiger partial charge on any atom is -0.496 e. The zero-order chi connectivity index (χ0) is 13.9. The lowest BCUT2D eigenvalue weighted by molar-refractivity contribution is 0.0849. The van der Waals surface area contributed by atoms with Crippen LogP contribution in [0.4, 0.5) is 0 Å². The van der Waals surface area contributed by atoms with Gasteiger partial charge in [-0.3, -0.25) is 0 Å². The highest BCUT2D eigenvalue weighted by Crippen LogP contribution is 2.34. The number of hydrogen-bond donors (Lipinski definition) is 1. The number of para-hydroxylation sites is 1. The normalized spacial score (nSPS) is 14.1. The molecule has 2 rings (SSSR count). The van der Waals surface area contributed by atoms with Gasteiger partial charge in [-0.25, -0.2) is 4.98 Å². The minimum absolute atomic E-state index is 0.638. The van der Waals surface area contributed by atoms with Gasteiger partial charge in [0, 0.05) is 24.5 Å². The summed E-state index contributed by atoms with van der Waals surface area (Å²) in [6.45, 7) is 4.68. The largest absolute Gasteiger partial charge is 0.496 e. The Kier molecular flexibility index (Phi) is 3.90. The van der Waals surface area contributed by atoms with Crippen molar-refractivity contribution in [1.29, 1.82) is 0 Å². The highest BCUT2D eigenvalue weighted by atomic mass is 16.5. The fraction of sp³-hybridized carbons (Fsp3) is 0.400. The number of methoxy groups -OCH3 is 1. The van der Waals surface area contributed by atoms with Gasteiger partial charge in [0.2, 0.25) is 0 Å². The van der Waals surface area contributed by atoms with Gasteiger partial charge in [0.1, 0.15) is 17.2 Å². The van der Waals surface area contributed by atoms with Crippen LogP contribution in [0.15, 0.2) is 36.7 Å². The summed E-state index contributed by atoms with van der Waals surface area (Å²) in [6.07, 6.45) is 4.60. The monoisotopic (exact) mass is 260 g/mol. The molecule has 4 nitrogen and oxygen atoms in total. The van der Waals surface area contributed by atoms with Crippen LogP contribution in [0.25, 0.3) is 0 Å². The van der Waals surface area contributed by atoms with E-state index in [0.717, 1.165) is 18.5 Å². The summed E-state index contributed by atoms with van der Waals surface area (Å²) in [7, 11) is 1.60. The Balaban J connectivity index is 2.49. The van der Waals surface area contributed by atoms with Crippen LogP contribution in [-0.4, -0.2) is 21.8 Å². The first-order valence-electron chi connectivity index (χ1n) is 6.48. The van der Waals surface area contributed by atoms with Crippen LogP contribution in [0.3, 0.4) is 0 Å². The van der Waals surface area contributed by atoms with Crippen molar-refractivity contribution in [3.63, 3.8) is 0 Å². The second kappa shape index (κ2) is 5.45. The van der Waals surface area contributed by atoms with Crippen LogP contribution < -0.4 is 4.74 Å². The van der Waals surface area contributed by atoms with E-state index in [2.05, 4.69) is 11.9 Å². The molecule has 0 amide bonds. The van der Waals surface area contributed by atoms with Crippen molar-refractivity contribution >= 4 is 0 Å². The molecule has 1 unspecified atom stereocenters. The minimum atomic E-state index is -1.18. The maximum atomic E-state index is 10.9. The molecule has 0 fully saturated rings. The third-order valence-corrected chi connectivity index (χ3v) is 3.25. The Hall–Kier alpha value is -1.81. The molecule has 1 aromatic carbocycles. The van der Waals surface area contributed by atoms with E-state index < -0.39 is 5.60 Å². The molecule has 2 aromatic rings. The molecule has 1 N–H and O–H groups in total. The van der Waals surface area contributed by atoms with Crippen molar-refractivity contribution in [3.05, 3.63) is 48.0 Å². The first kappa shape index (κ1) is 13.6. The summed E-state index contributed by atoms with van der Waals surface area (Å²) in [5.41, 5.74) is -0.452. The first-order chi connectivity index (χ1) is 9.11. The van der Waals surface area contributed by atoms with Gasteiger partial charge in [-0.05, 0) is 19.4 Å². The predicted molar refractivity (Wildman–Crippen MR) is 74.2 cm³/mol. The molecular weight excluding hydrogens is 240 g/mol. The number of imidazole rings is 1. The number of nitrogens with zero attached hydrogens (tertiary/aromatic N) is 2. The van der Waals surface area contributed by atoms with Gasteiger partial charge in [-0.15, -0.1) is 0 Å². The van der Waals surface area contributed by atoms with Crippen LogP contribution in [0.5, 0.6) is 5.75 Å².